The Hall–Kier alpha value is -1.90. The van der Waals surface area contributed by atoms with Crippen LogP contribution in [-0.4, -0.2) is 36.3 Å². The van der Waals surface area contributed by atoms with Crippen LogP contribution < -0.4 is 0 Å². The monoisotopic (exact) mass is 211 g/mol. The van der Waals surface area contributed by atoms with Gasteiger partial charge in [0.1, 0.15) is 12.1 Å². The van der Waals surface area contributed by atoms with Crippen molar-refractivity contribution in [1.29, 1.82) is 5.26 Å². The number of nitrogens with zero attached hydrogens (tertiary/aromatic N) is 3. The van der Waals surface area contributed by atoms with Crippen molar-refractivity contribution in [3.05, 3.63) is 0 Å². The molecule has 6 nitrogen and oxygen atoms in total. The Kier molecular flexibility index (Phi) is 5.71. The van der Waals surface area contributed by atoms with Crippen LogP contribution in [0.1, 0.15) is 20.3 Å². The number of esters is 1. The molecule has 0 N–H and O–H groups in total. The largest absolute Gasteiger partial charge is 0.461 e. The van der Waals surface area contributed by atoms with E-state index in [0.717, 1.165) is 5.01 Å². The van der Waals surface area contributed by atoms with E-state index in [1.807, 2.05) is 0 Å². The van der Waals surface area contributed by atoms with Crippen LogP contribution in [0.3, 0.4) is 0 Å². The van der Waals surface area contributed by atoms with Crippen molar-refractivity contribution in [1.82, 2.24) is 5.01 Å². The van der Waals surface area contributed by atoms with Crippen molar-refractivity contribution in [2.24, 2.45) is 5.10 Å². The molecule has 0 unspecified atom stereocenters. The average Bonchev–Trinajstić information content (AvgIpc) is 2.18. The molecule has 1 amide bonds. The highest BCUT2D eigenvalue weighted by molar-refractivity contribution is 6.35. The first-order chi connectivity index (χ1) is 7.02. The van der Waals surface area contributed by atoms with E-state index in [9.17, 15) is 9.59 Å². The molecule has 6 heteroatoms. The van der Waals surface area contributed by atoms with Crippen molar-refractivity contribution >= 4 is 17.6 Å². The van der Waals surface area contributed by atoms with Gasteiger partial charge in [0.25, 0.3) is 5.91 Å². The Morgan fingerprint density at radius 2 is 2.13 bits per heavy atom. The van der Waals surface area contributed by atoms with E-state index < -0.39 is 11.9 Å². The molecule has 15 heavy (non-hydrogen) atoms. The number of nitriles is 1. The van der Waals surface area contributed by atoms with Gasteiger partial charge in [-0.2, -0.15) is 10.4 Å². The molecule has 0 aliphatic carbocycles. The summed E-state index contributed by atoms with van der Waals surface area (Å²) in [5, 5.41) is 12.9. The highest BCUT2D eigenvalue weighted by Gasteiger charge is 2.11. The minimum absolute atomic E-state index is 0.0747. The topological polar surface area (TPSA) is 82.8 Å². The van der Waals surface area contributed by atoms with Gasteiger partial charge in [0, 0.05) is 7.05 Å². The molecule has 0 fully saturated rings. The molecule has 0 aliphatic heterocycles. The molecule has 82 valence electrons. The van der Waals surface area contributed by atoms with Crippen LogP contribution in [0.5, 0.6) is 0 Å². The summed E-state index contributed by atoms with van der Waals surface area (Å²) in [5.41, 5.74) is 0.0747. The predicted octanol–water partition coefficient (Wildman–Crippen LogP) is 0.297. The lowest BCUT2D eigenvalue weighted by Gasteiger charge is -2.09. The molecule has 0 aromatic heterocycles. The third-order valence-electron chi connectivity index (χ3n) is 1.46. The highest BCUT2D eigenvalue weighted by atomic mass is 16.5. The van der Waals surface area contributed by atoms with Crippen LogP contribution in [0.2, 0.25) is 0 Å². The number of hydrogen-bond acceptors (Lipinski definition) is 5. The maximum Gasteiger partial charge on any atom is 0.354 e. The van der Waals surface area contributed by atoms with E-state index >= 15 is 0 Å². The fourth-order valence-electron chi connectivity index (χ4n) is 0.739. The maximum absolute atomic E-state index is 11.1. The van der Waals surface area contributed by atoms with Crippen molar-refractivity contribution in [3.8, 4) is 6.07 Å². The van der Waals surface area contributed by atoms with Gasteiger partial charge in [0.2, 0.25) is 0 Å². The van der Waals surface area contributed by atoms with Crippen LogP contribution in [0.15, 0.2) is 5.10 Å². The normalized spacial score (nSPS) is 10.4. The number of carbonyl (C=O) groups excluding carboxylic acids is 2. The van der Waals surface area contributed by atoms with E-state index in [-0.39, 0.29) is 18.7 Å². The van der Waals surface area contributed by atoms with Gasteiger partial charge in [-0.1, -0.05) is 0 Å². The molecule has 0 bridgehead atoms. The second-order valence-electron chi connectivity index (χ2n) is 2.66. The van der Waals surface area contributed by atoms with Crippen molar-refractivity contribution in [3.63, 3.8) is 0 Å². The van der Waals surface area contributed by atoms with E-state index in [1.165, 1.54) is 14.0 Å². The lowest BCUT2D eigenvalue weighted by Crippen LogP contribution is -2.25. The lowest BCUT2D eigenvalue weighted by atomic mass is 10.4. The van der Waals surface area contributed by atoms with Crippen LogP contribution in [0.4, 0.5) is 0 Å². The third-order valence-corrected chi connectivity index (χ3v) is 1.46. The Balaban J connectivity index is 4.41. The zero-order valence-electron chi connectivity index (χ0n) is 8.98. The molecule has 0 aromatic rings. The molecular weight excluding hydrogens is 198 g/mol. The number of carbonyl (C=O) groups is 2. The maximum atomic E-state index is 11.1. The second-order valence-corrected chi connectivity index (χ2v) is 2.66. The Labute approximate surface area is 88.1 Å². The molecule has 0 aliphatic rings. The van der Waals surface area contributed by atoms with Gasteiger partial charge in [-0.3, -0.25) is 4.79 Å². The minimum Gasteiger partial charge on any atom is -0.461 e. The summed E-state index contributed by atoms with van der Waals surface area (Å²) in [6.45, 7) is 3.37. The SMILES string of the molecule is CCOC(=O)/C(C)=N\N(C)C(=O)CC#N. The summed E-state index contributed by atoms with van der Waals surface area (Å²) < 4.78 is 4.67. The highest BCUT2D eigenvalue weighted by Crippen LogP contribution is 1.93. The standard InChI is InChI=1S/C9H13N3O3/c1-4-15-9(14)7(2)11-12(3)8(13)5-6-10/h4-5H2,1-3H3/b11-7-. The van der Waals surface area contributed by atoms with Gasteiger partial charge in [-0.15, -0.1) is 0 Å². The van der Waals surface area contributed by atoms with Gasteiger partial charge in [-0.05, 0) is 13.8 Å². The molecule has 0 atom stereocenters. The molecular formula is C9H13N3O3. The fraction of sp³-hybridized carbons (Fsp3) is 0.556. The first-order valence-electron chi connectivity index (χ1n) is 4.38. The number of hydrazone groups is 1. The second kappa shape index (κ2) is 6.54. The van der Waals surface area contributed by atoms with Crippen LogP contribution in [0.25, 0.3) is 0 Å². The van der Waals surface area contributed by atoms with Gasteiger partial charge in [0.15, 0.2) is 0 Å². The summed E-state index contributed by atoms with van der Waals surface area (Å²) in [7, 11) is 1.38. The molecule has 0 rings (SSSR count). The Morgan fingerprint density at radius 1 is 1.53 bits per heavy atom. The van der Waals surface area contributed by atoms with E-state index in [2.05, 4.69) is 9.84 Å². The van der Waals surface area contributed by atoms with Crippen LogP contribution in [-0.2, 0) is 14.3 Å². The van der Waals surface area contributed by atoms with E-state index in [0.29, 0.717) is 0 Å². The number of amides is 1. The van der Waals surface area contributed by atoms with Gasteiger partial charge >= 0.3 is 5.97 Å². The third kappa shape index (κ3) is 4.76. The average molecular weight is 211 g/mol. The molecule has 0 spiro atoms. The Morgan fingerprint density at radius 3 is 2.60 bits per heavy atom. The fourth-order valence-corrected chi connectivity index (χ4v) is 0.739. The van der Waals surface area contributed by atoms with Crippen LogP contribution >= 0.6 is 0 Å². The molecule has 0 heterocycles. The zero-order valence-corrected chi connectivity index (χ0v) is 8.98. The Bertz CT molecular complexity index is 317. The first-order valence-corrected chi connectivity index (χ1v) is 4.38. The summed E-state index contributed by atoms with van der Waals surface area (Å²) >= 11 is 0. The molecule has 0 aromatic carbocycles. The van der Waals surface area contributed by atoms with Crippen molar-refractivity contribution in [2.75, 3.05) is 13.7 Å². The van der Waals surface area contributed by atoms with E-state index in [1.54, 1.807) is 13.0 Å². The molecule has 0 radical (unpaired) electrons. The summed E-state index contributed by atoms with van der Waals surface area (Å²) in [6.07, 6.45) is -0.268. The summed E-state index contributed by atoms with van der Waals surface area (Å²) in [6, 6.07) is 1.70. The van der Waals surface area contributed by atoms with Crippen molar-refractivity contribution in [2.45, 2.75) is 20.3 Å². The molecule has 0 saturated heterocycles. The van der Waals surface area contributed by atoms with E-state index in [4.69, 9.17) is 5.26 Å². The summed E-state index contributed by atoms with van der Waals surface area (Å²) in [5.74, 6) is -1.05. The molecule has 0 saturated carbocycles. The quantitative estimate of drug-likeness (QED) is 0.380. The van der Waals surface area contributed by atoms with Gasteiger partial charge in [0.05, 0.1) is 12.7 Å². The predicted molar refractivity (Wildman–Crippen MR) is 52.7 cm³/mol. The lowest BCUT2D eigenvalue weighted by molar-refractivity contribution is -0.135. The van der Waals surface area contributed by atoms with Gasteiger partial charge < -0.3 is 4.74 Å². The summed E-state index contributed by atoms with van der Waals surface area (Å²) in [4.78, 5) is 22.2. The first kappa shape index (κ1) is 13.1. The number of ether oxygens (including phenoxy) is 1. The van der Waals surface area contributed by atoms with Crippen LogP contribution in [0, 0.1) is 11.3 Å². The van der Waals surface area contributed by atoms with Gasteiger partial charge in [-0.25, -0.2) is 9.80 Å². The number of hydrogen-bond donors (Lipinski definition) is 0. The minimum atomic E-state index is -0.575. The number of rotatable bonds is 4. The zero-order chi connectivity index (χ0) is 11.8. The smallest absolute Gasteiger partial charge is 0.354 e. The van der Waals surface area contributed by atoms with Crippen molar-refractivity contribution < 1.29 is 14.3 Å².